The third-order valence-electron chi connectivity index (χ3n) is 6.24. The largest absolute Gasteiger partial charge is 0.508 e. The lowest BCUT2D eigenvalue weighted by atomic mass is 10.0. The number of anilines is 1. The Morgan fingerprint density at radius 2 is 1.92 bits per heavy atom. The number of nitrogens with zero attached hydrogens (tertiary/aromatic N) is 5. The van der Waals surface area contributed by atoms with Gasteiger partial charge in [-0.3, -0.25) is 14.5 Å². The van der Waals surface area contributed by atoms with E-state index in [4.69, 9.17) is 9.15 Å². The number of hydrogen-bond acceptors (Lipinski definition) is 8. The number of aromatic nitrogens is 4. The first kappa shape index (κ1) is 25.2. The monoisotopic (exact) mass is 516 g/mol. The first-order valence-electron chi connectivity index (χ1n) is 12.4. The topological polar surface area (TPSA) is 136 Å². The van der Waals surface area contributed by atoms with E-state index in [0.717, 1.165) is 12.8 Å². The van der Waals surface area contributed by atoms with Crippen LogP contribution >= 0.6 is 0 Å². The normalized spacial score (nSPS) is 15.8. The van der Waals surface area contributed by atoms with Crippen LogP contribution in [0.4, 0.5) is 5.69 Å². The zero-order valence-corrected chi connectivity index (χ0v) is 20.9. The van der Waals surface area contributed by atoms with Gasteiger partial charge in [0.15, 0.2) is 5.76 Å². The lowest BCUT2D eigenvalue weighted by molar-refractivity contribution is -0.127. The smallest absolute Gasteiger partial charge is 0.251 e. The fourth-order valence-electron chi connectivity index (χ4n) is 4.38. The maximum Gasteiger partial charge on any atom is 0.251 e. The van der Waals surface area contributed by atoms with Crippen LogP contribution in [0.3, 0.4) is 0 Å². The Bertz CT molecular complexity index is 1380. The van der Waals surface area contributed by atoms with Gasteiger partial charge in [0.1, 0.15) is 24.1 Å². The molecule has 5 rings (SSSR count). The summed E-state index contributed by atoms with van der Waals surface area (Å²) in [6, 6.07) is 17.6. The highest BCUT2D eigenvalue weighted by Gasteiger charge is 2.34. The number of carbonyl (C=O) groups is 2. The van der Waals surface area contributed by atoms with Gasteiger partial charge >= 0.3 is 0 Å². The van der Waals surface area contributed by atoms with Gasteiger partial charge < -0.3 is 19.6 Å². The van der Waals surface area contributed by atoms with E-state index in [1.165, 1.54) is 21.8 Å². The highest BCUT2D eigenvalue weighted by molar-refractivity contribution is 6.01. The lowest BCUT2D eigenvalue weighted by Crippen LogP contribution is -2.46. The molecule has 38 heavy (non-hydrogen) atoms. The van der Waals surface area contributed by atoms with Gasteiger partial charge in [-0.15, -0.1) is 10.2 Å². The number of nitrogens with one attached hydrogen (secondary N) is 1. The molecule has 11 heteroatoms. The number of ether oxygens (including phenoxy) is 1. The molecule has 1 saturated heterocycles. The van der Waals surface area contributed by atoms with Gasteiger partial charge in [-0.05, 0) is 66.9 Å². The van der Waals surface area contributed by atoms with Gasteiger partial charge in [-0.1, -0.05) is 30.3 Å². The van der Waals surface area contributed by atoms with Gasteiger partial charge in [0, 0.05) is 18.8 Å². The van der Waals surface area contributed by atoms with Crippen LogP contribution in [-0.2, 0) is 20.9 Å². The van der Waals surface area contributed by atoms with E-state index < -0.39 is 11.9 Å². The molecule has 11 nitrogen and oxygen atoms in total. The number of para-hydroxylation sites is 1. The Morgan fingerprint density at radius 3 is 2.61 bits per heavy atom. The Hall–Kier alpha value is -4.51. The van der Waals surface area contributed by atoms with E-state index >= 15 is 0 Å². The summed E-state index contributed by atoms with van der Waals surface area (Å²) < 4.78 is 11.2. The molecule has 2 aromatic carbocycles. The second-order valence-corrected chi connectivity index (χ2v) is 9.03. The number of aromatic hydroxyl groups is 1. The molecule has 196 valence electrons. The third kappa shape index (κ3) is 5.73. The van der Waals surface area contributed by atoms with Crippen molar-refractivity contribution >= 4 is 17.5 Å². The maximum absolute atomic E-state index is 13.8. The minimum Gasteiger partial charge on any atom is -0.508 e. The van der Waals surface area contributed by atoms with E-state index in [9.17, 15) is 14.7 Å². The SMILES string of the molecule is Cc1ccc(-c2nnn(CC(=O)N(c3ccccc3)[C@H](C(=O)NC[C@@H]3CCCO3)c3ccc(O)cc3)n2)o1. The number of tetrazole rings is 1. The Balaban J connectivity index is 1.46. The molecule has 2 atom stereocenters. The van der Waals surface area contributed by atoms with Gasteiger partial charge in [0.05, 0.1) is 6.10 Å². The van der Waals surface area contributed by atoms with Crippen LogP contribution in [0, 0.1) is 6.92 Å². The minimum absolute atomic E-state index is 0.0531. The fraction of sp³-hybridized carbons (Fsp3) is 0.296. The number of phenolic OH excluding ortho intramolecular Hbond substituents is 1. The summed E-state index contributed by atoms with van der Waals surface area (Å²) in [7, 11) is 0. The number of hydrogen-bond donors (Lipinski definition) is 2. The molecule has 0 radical (unpaired) electrons. The predicted molar refractivity (Wildman–Crippen MR) is 137 cm³/mol. The van der Waals surface area contributed by atoms with Gasteiger partial charge in [0.25, 0.3) is 5.91 Å². The van der Waals surface area contributed by atoms with Gasteiger partial charge in [0.2, 0.25) is 11.7 Å². The third-order valence-corrected chi connectivity index (χ3v) is 6.24. The molecule has 1 fully saturated rings. The quantitative estimate of drug-likeness (QED) is 0.347. The summed E-state index contributed by atoms with van der Waals surface area (Å²) in [6.07, 6.45) is 1.74. The van der Waals surface area contributed by atoms with Crippen molar-refractivity contribution in [3.8, 4) is 17.3 Å². The Kier molecular flexibility index (Phi) is 7.45. The standard InChI is InChI=1S/C27H28N6O5/c1-18-9-14-23(38-18)26-29-31-32(30-26)17-24(35)33(20-6-3-2-4-7-20)25(19-10-12-21(34)13-11-19)27(36)28-16-22-8-5-15-37-22/h2-4,6-7,9-14,22,25,34H,5,8,15-17H2,1H3,(H,28,36)/t22-,25-/m0/s1. The highest BCUT2D eigenvalue weighted by Crippen LogP contribution is 2.29. The zero-order chi connectivity index (χ0) is 26.5. The van der Waals surface area contributed by atoms with Crippen molar-refractivity contribution < 1.29 is 23.8 Å². The summed E-state index contributed by atoms with van der Waals surface area (Å²) in [4.78, 5) is 30.1. The maximum atomic E-state index is 13.8. The fourth-order valence-corrected chi connectivity index (χ4v) is 4.38. The molecule has 3 heterocycles. The molecule has 0 saturated carbocycles. The number of benzene rings is 2. The molecule has 0 spiro atoms. The van der Waals surface area contributed by atoms with Crippen LogP contribution in [0.2, 0.25) is 0 Å². The number of aryl methyl sites for hydroxylation is 1. The predicted octanol–water partition coefficient (Wildman–Crippen LogP) is 3.02. The molecule has 1 aliphatic rings. The van der Waals surface area contributed by atoms with Crippen LogP contribution in [0.25, 0.3) is 11.6 Å². The molecule has 1 aliphatic heterocycles. The Morgan fingerprint density at radius 1 is 1.13 bits per heavy atom. The van der Waals surface area contributed by atoms with E-state index in [-0.39, 0.29) is 30.1 Å². The molecule has 2 amide bonds. The van der Waals surface area contributed by atoms with Crippen molar-refractivity contribution in [1.82, 2.24) is 25.5 Å². The molecule has 4 aromatic rings. The van der Waals surface area contributed by atoms with Crippen molar-refractivity contribution in [2.45, 2.75) is 38.5 Å². The number of rotatable bonds is 9. The number of phenols is 1. The Labute approximate surface area is 219 Å². The second-order valence-electron chi connectivity index (χ2n) is 9.03. The van der Waals surface area contributed by atoms with E-state index in [0.29, 0.717) is 35.9 Å². The van der Waals surface area contributed by atoms with Crippen LogP contribution in [0.15, 0.2) is 71.1 Å². The summed E-state index contributed by atoms with van der Waals surface area (Å²) in [5.41, 5.74) is 1.05. The first-order chi connectivity index (χ1) is 18.5. The van der Waals surface area contributed by atoms with E-state index in [1.807, 2.05) is 13.0 Å². The number of furan rings is 1. The van der Waals surface area contributed by atoms with Crippen LogP contribution in [0.1, 0.15) is 30.2 Å². The average Bonchev–Trinajstić information content (AvgIpc) is 3.70. The van der Waals surface area contributed by atoms with E-state index in [2.05, 4.69) is 20.7 Å². The zero-order valence-electron chi connectivity index (χ0n) is 20.9. The van der Waals surface area contributed by atoms with Gasteiger partial charge in [-0.2, -0.15) is 4.80 Å². The van der Waals surface area contributed by atoms with Crippen molar-refractivity contribution in [1.29, 1.82) is 0 Å². The lowest BCUT2D eigenvalue weighted by Gasteiger charge is -2.31. The molecular formula is C27H28N6O5. The van der Waals surface area contributed by atoms with E-state index in [1.54, 1.807) is 48.5 Å². The van der Waals surface area contributed by atoms with Crippen molar-refractivity contribution in [2.24, 2.45) is 0 Å². The van der Waals surface area contributed by atoms with Gasteiger partial charge in [-0.25, -0.2) is 0 Å². The van der Waals surface area contributed by atoms with Crippen molar-refractivity contribution in [3.05, 3.63) is 78.1 Å². The second kappa shape index (κ2) is 11.3. The number of amides is 2. The molecule has 2 aromatic heterocycles. The molecule has 2 N–H and O–H groups in total. The first-order valence-corrected chi connectivity index (χ1v) is 12.4. The molecule has 0 unspecified atom stereocenters. The average molecular weight is 517 g/mol. The van der Waals surface area contributed by atoms with Crippen LogP contribution < -0.4 is 10.2 Å². The van der Waals surface area contributed by atoms with Crippen LogP contribution in [-0.4, -0.2) is 56.4 Å². The summed E-state index contributed by atoms with van der Waals surface area (Å²) >= 11 is 0. The molecule has 0 bridgehead atoms. The van der Waals surface area contributed by atoms with Crippen molar-refractivity contribution in [3.63, 3.8) is 0 Å². The van der Waals surface area contributed by atoms with Crippen molar-refractivity contribution in [2.75, 3.05) is 18.1 Å². The molecule has 0 aliphatic carbocycles. The van der Waals surface area contributed by atoms with Crippen LogP contribution in [0.5, 0.6) is 5.75 Å². The minimum atomic E-state index is -1.03. The summed E-state index contributed by atoms with van der Waals surface area (Å²) in [5, 5.41) is 25.1. The highest BCUT2D eigenvalue weighted by atomic mass is 16.5. The summed E-state index contributed by atoms with van der Waals surface area (Å²) in [6.45, 7) is 2.54. The molecular weight excluding hydrogens is 488 g/mol. The summed E-state index contributed by atoms with van der Waals surface area (Å²) in [5.74, 6) is 0.645. The number of carbonyl (C=O) groups excluding carboxylic acids is 2.